The molecule has 10 heteroatoms. The first-order valence-corrected chi connectivity index (χ1v) is 12.0. The van der Waals surface area contributed by atoms with Crippen molar-refractivity contribution in [2.75, 3.05) is 16.6 Å². The van der Waals surface area contributed by atoms with Gasteiger partial charge in [-0.3, -0.25) is 14.2 Å². The van der Waals surface area contributed by atoms with Crippen LogP contribution in [0.4, 0.5) is 11.5 Å². The van der Waals surface area contributed by atoms with Gasteiger partial charge in [0.25, 0.3) is 15.9 Å². The van der Waals surface area contributed by atoms with Crippen molar-refractivity contribution in [3.8, 4) is 6.07 Å². The van der Waals surface area contributed by atoms with Crippen LogP contribution >= 0.6 is 0 Å². The fourth-order valence-electron chi connectivity index (χ4n) is 4.08. The van der Waals surface area contributed by atoms with Gasteiger partial charge in [-0.25, -0.2) is 8.42 Å². The third-order valence-electron chi connectivity index (χ3n) is 5.67. The summed E-state index contributed by atoms with van der Waals surface area (Å²) in [7, 11) is -3.82. The molecule has 1 aliphatic rings. The Labute approximate surface area is 192 Å². The van der Waals surface area contributed by atoms with Crippen LogP contribution in [0, 0.1) is 11.3 Å². The number of sulfonamides is 1. The van der Waals surface area contributed by atoms with Crippen LogP contribution in [0.25, 0.3) is 0 Å². The fourth-order valence-corrected chi connectivity index (χ4v) is 5.82. The summed E-state index contributed by atoms with van der Waals surface area (Å²) in [6.45, 7) is 2.22. The number of carbonyl (C=O) groups is 1. The molecule has 0 fully saturated rings. The van der Waals surface area contributed by atoms with Crippen molar-refractivity contribution < 1.29 is 13.2 Å². The van der Waals surface area contributed by atoms with E-state index in [0.29, 0.717) is 42.8 Å². The van der Waals surface area contributed by atoms with Crippen LogP contribution in [0.2, 0.25) is 0 Å². The van der Waals surface area contributed by atoms with E-state index in [4.69, 9.17) is 11.0 Å². The number of hydrogen-bond donors (Lipinski definition) is 3. The molecule has 0 radical (unpaired) electrons. The number of nitrogens with two attached hydrogens (primary N) is 1. The molecule has 4 N–H and O–H groups in total. The Morgan fingerprint density at radius 3 is 2.88 bits per heavy atom. The van der Waals surface area contributed by atoms with Gasteiger partial charge in [0.05, 0.1) is 16.3 Å². The summed E-state index contributed by atoms with van der Waals surface area (Å²) in [6.07, 6.45) is 1.70. The molecule has 1 aromatic heterocycles. The van der Waals surface area contributed by atoms with E-state index >= 15 is 0 Å². The summed E-state index contributed by atoms with van der Waals surface area (Å²) in [5.74, 6) is -0.212. The molecule has 33 heavy (non-hydrogen) atoms. The molecule has 0 saturated heterocycles. The normalized spacial score (nSPS) is 15.2. The van der Waals surface area contributed by atoms with E-state index in [1.54, 1.807) is 18.2 Å². The van der Waals surface area contributed by atoms with Crippen LogP contribution in [0.3, 0.4) is 0 Å². The molecule has 2 heterocycles. The first kappa shape index (κ1) is 22.4. The molecule has 1 atom stereocenters. The molecule has 0 spiro atoms. The van der Waals surface area contributed by atoms with Gasteiger partial charge in [0.1, 0.15) is 11.6 Å². The van der Waals surface area contributed by atoms with E-state index in [0.717, 1.165) is 5.56 Å². The number of anilines is 2. The second kappa shape index (κ2) is 8.96. The Hall–Kier alpha value is -3.84. The summed E-state index contributed by atoms with van der Waals surface area (Å²) in [5, 5.41) is 18.4. The van der Waals surface area contributed by atoms with Gasteiger partial charge in [0, 0.05) is 18.2 Å². The molecule has 0 aliphatic carbocycles. The van der Waals surface area contributed by atoms with E-state index in [-0.39, 0.29) is 28.2 Å². The van der Waals surface area contributed by atoms with Crippen molar-refractivity contribution in [3.05, 3.63) is 70.9 Å². The van der Waals surface area contributed by atoms with Crippen LogP contribution in [-0.4, -0.2) is 37.1 Å². The van der Waals surface area contributed by atoms with Crippen LogP contribution in [0.1, 0.15) is 40.5 Å². The molecule has 0 saturated carbocycles. The van der Waals surface area contributed by atoms with Gasteiger partial charge in [-0.15, -0.1) is 0 Å². The van der Waals surface area contributed by atoms with E-state index in [1.807, 2.05) is 31.2 Å². The summed E-state index contributed by atoms with van der Waals surface area (Å²) >= 11 is 0. The van der Waals surface area contributed by atoms with Crippen LogP contribution in [-0.2, 0) is 22.9 Å². The van der Waals surface area contributed by atoms with Crippen LogP contribution in [0.15, 0.2) is 53.4 Å². The quantitative estimate of drug-likeness (QED) is 0.458. The Kier molecular flexibility index (Phi) is 6.07. The van der Waals surface area contributed by atoms with Crippen molar-refractivity contribution in [2.24, 2.45) is 0 Å². The monoisotopic (exact) mass is 464 g/mol. The van der Waals surface area contributed by atoms with Crippen molar-refractivity contribution in [1.29, 1.82) is 5.26 Å². The minimum atomic E-state index is -3.82. The van der Waals surface area contributed by atoms with Crippen molar-refractivity contribution in [3.63, 3.8) is 0 Å². The highest BCUT2D eigenvalue weighted by Crippen LogP contribution is 2.36. The van der Waals surface area contributed by atoms with Gasteiger partial charge in [0.15, 0.2) is 5.82 Å². The summed E-state index contributed by atoms with van der Waals surface area (Å²) in [4.78, 5) is 12.7. The van der Waals surface area contributed by atoms with Gasteiger partial charge < -0.3 is 11.1 Å². The number of amides is 1. The predicted molar refractivity (Wildman–Crippen MR) is 124 cm³/mol. The number of nitrogens with one attached hydrogen (secondary N) is 2. The number of aromatic nitrogens is 2. The minimum absolute atomic E-state index is 0.0744. The Morgan fingerprint density at radius 2 is 2.09 bits per heavy atom. The molecule has 170 valence electrons. The molecule has 1 unspecified atom stereocenters. The third-order valence-corrected chi connectivity index (χ3v) is 7.59. The van der Waals surface area contributed by atoms with Crippen molar-refractivity contribution in [2.45, 2.75) is 37.1 Å². The van der Waals surface area contributed by atoms with Gasteiger partial charge in [-0.2, -0.15) is 10.4 Å². The first-order chi connectivity index (χ1) is 15.8. The SMILES string of the molecule is CC1Cc2ccccc2N1S(=O)(=O)c1cccc(C(=O)NCCCc2[nH]nc(N)c2C#N)c1. The van der Waals surface area contributed by atoms with Crippen LogP contribution in [0.5, 0.6) is 0 Å². The van der Waals surface area contributed by atoms with Gasteiger partial charge in [-0.05, 0) is 56.0 Å². The average molecular weight is 465 g/mol. The lowest BCUT2D eigenvalue weighted by Crippen LogP contribution is -2.36. The maximum atomic E-state index is 13.4. The number of nitrogen functional groups attached to an aromatic ring is 1. The number of nitrogens with zero attached hydrogens (tertiary/aromatic N) is 3. The maximum Gasteiger partial charge on any atom is 0.264 e. The molecule has 0 bridgehead atoms. The molecular formula is C23H24N6O3S. The first-order valence-electron chi connectivity index (χ1n) is 10.6. The van der Waals surface area contributed by atoms with Gasteiger partial charge in [-0.1, -0.05) is 24.3 Å². The average Bonchev–Trinajstić information content (AvgIpc) is 3.34. The molecule has 1 aliphatic heterocycles. The Bertz CT molecular complexity index is 1340. The van der Waals surface area contributed by atoms with Crippen molar-refractivity contribution >= 4 is 27.4 Å². The molecule has 3 aromatic rings. The number of hydrogen-bond acceptors (Lipinski definition) is 6. The zero-order valence-electron chi connectivity index (χ0n) is 18.1. The highest BCUT2D eigenvalue weighted by Gasteiger charge is 2.36. The van der Waals surface area contributed by atoms with Crippen LogP contribution < -0.4 is 15.4 Å². The zero-order valence-corrected chi connectivity index (χ0v) is 18.9. The molecule has 4 rings (SSSR count). The lowest BCUT2D eigenvalue weighted by molar-refractivity contribution is 0.0953. The summed E-state index contributed by atoms with van der Waals surface area (Å²) < 4.78 is 28.3. The number of carbonyl (C=O) groups excluding carboxylic acids is 1. The third kappa shape index (κ3) is 4.27. The van der Waals surface area contributed by atoms with Gasteiger partial charge >= 0.3 is 0 Å². The highest BCUT2D eigenvalue weighted by atomic mass is 32.2. The number of fused-ring (bicyclic) bond motifs is 1. The number of aryl methyl sites for hydroxylation is 1. The van der Waals surface area contributed by atoms with E-state index in [2.05, 4.69) is 15.5 Å². The Morgan fingerprint density at radius 1 is 1.30 bits per heavy atom. The minimum Gasteiger partial charge on any atom is -0.381 e. The largest absolute Gasteiger partial charge is 0.381 e. The van der Waals surface area contributed by atoms with Gasteiger partial charge in [0.2, 0.25) is 0 Å². The Balaban J connectivity index is 1.44. The molecule has 1 amide bonds. The van der Waals surface area contributed by atoms with E-state index in [9.17, 15) is 13.2 Å². The molecule has 9 nitrogen and oxygen atoms in total. The predicted octanol–water partition coefficient (Wildman–Crippen LogP) is 2.37. The number of para-hydroxylation sites is 1. The molecule has 2 aromatic carbocycles. The van der Waals surface area contributed by atoms with E-state index < -0.39 is 10.0 Å². The zero-order chi connectivity index (χ0) is 23.6. The second-order valence-corrected chi connectivity index (χ2v) is 9.76. The summed E-state index contributed by atoms with van der Waals surface area (Å²) in [6, 6.07) is 15.3. The van der Waals surface area contributed by atoms with E-state index in [1.165, 1.54) is 16.4 Å². The van der Waals surface area contributed by atoms with Crippen molar-refractivity contribution in [1.82, 2.24) is 15.5 Å². The number of nitriles is 1. The number of rotatable bonds is 7. The number of aromatic amines is 1. The second-order valence-electron chi connectivity index (χ2n) is 7.94. The molecular weight excluding hydrogens is 440 g/mol. The lowest BCUT2D eigenvalue weighted by atomic mass is 10.1. The maximum absolute atomic E-state index is 13.4. The number of benzene rings is 2. The fraction of sp³-hybridized carbons (Fsp3) is 0.261. The smallest absolute Gasteiger partial charge is 0.264 e. The topological polar surface area (TPSA) is 145 Å². The lowest BCUT2D eigenvalue weighted by Gasteiger charge is -2.24. The standard InChI is InChI=1S/C23H24N6O3S/c1-15-12-16-6-2-3-10-21(16)29(15)33(31,32)18-8-4-7-17(13-18)23(30)26-11-5-9-20-19(14-24)22(25)28-27-20/h2-4,6-8,10,13,15H,5,9,11-12H2,1H3,(H,26,30)(H3,25,27,28). The number of H-pyrrole nitrogens is 1. The highest BCUT2D eigenvalue weighted by molar-refractivity contribution is 7.92. The summed E-state index contributed by atoms with van der Waals surface area (Å²) in [5.41, 5.74) is 8.49.